The Balaban J connectivity index is 3.86. The summed E-state index contributed by atoms with van der Waals surface area (Å²) in [7, 11) is -2.80. The normalized spacial score (nSPS) is 12.7. The first-order valence-corrected chi connectivity index (χ1v) is 8.52. The zero-order valence-electron chi connectivity index (χ0n) is 9.87. The fourth-order valence-electron chi connectivity index (χ4n) is 1.42. The average molecular weight is 300 g/mol. The Morgan fingerprint density at radius 2 is 1.73 bits per heavy atom. The second kappa shape index (κ2) is 7.63. The van der Waals surface area contributed by atoms with Gasteiger partial charge < -0.3 is 4.90 Å². The van der Waals surface area contributed by atoms with Gasteiger partial charge in [0.2, 0.25) is 0 Å². The van der Waals surface area contributed by atoms with E-state index < -0.39 is 9.84 Å². The van der Waals surface area contributed by atoms with Crippen LogP contribution >= 0.6 is 15.9 Å². The van der Waals surface area contributed by atoms with Gasteiger partial charge in [-0.15, -0.1) is 0 Å². The van der Waals surface area contributed by atoms with Crippen LogP contribution in [-0.4, -0.2) is 49.8 Å². The van der Waals surface area contributed by atoms with Crippen LogP contribution in [0, 0.1) is 0 Å². The van der Waals surface area contributed by atoms with Crippen LogP contribution < -0.4 is 0 Å². The predicted molar refractivity (Wildman–Crippen MR) is 69.4 cm³/mol. The van der Waals surface area contributed by atoms with Gasteiger partial charge in [0.15, 0.2) is 0 Å². The Morgan fingerprint density at radius 3 is 2.13 bits per heavy atom. The monoisotopic (exact) mass is 299 g/mol. The minimum atomic E-state index is -2.80. The maximum absolute atomic E-state index is 11.0. The zero-order valence-corrected chi connectivity index (χ0v) is 12.3. The fraction of sp³-hybridized carbons (Fsp3) is 1.00. The summed E-state index contributed by atoms with van der Waals surface area (Å²) in [5.41, 5.74) is 0. The van der Waals surface area contributed by atoms with E-state index in [-0.39, 0.29) is 0 Å². The molecule has 0 atom stereocenters. The summed E-state index contributed by atoms with van der Waals surface area (Å²) in [6.07, 6.45) is 3.14. The number of alkyl halides is 1. The van der Waals surface area contributed by atoms with Crippen molar-refractivity contribution in [2.75, 3.05) is 30.4 Å². The summed E-state index contributed by atoms with van der Waals surface area (Å²) in [6, 6.07) is 0.489. The maximum Gasteiger partial charge on any atom is 0.147 e. The molecule has 5 heteroatoms. The van der Waals surface area contributed by atoms with E-state index in [4.69, 9.17) is 0 Å². The predicted octanol–water partition coefficient (Wildman–Crippen LogP) is 1.92. The van der Waals surface area contributed by atoms with Gasteiger partial charge in [0.1, 0.15) is 9.84 Å². The highest BCUT2D eigenvalue weighted by Gasteiger charge is 2.10. The molecule has 0 aromatic rings. The van der Waals surface area contributed by atoms with Crippen LogP contribution in [0.2, 0.25) is 0 Å². The molecule has 0 aliphatic heterocycles. The standard InChI is InChI=1S/C10H22BrNO2S/c1-10(2)12(7-4-6-11)8-5-9-15(3,13)14/h10H,4-9H2,1-3H3. The smallest absolute Gasteiger partial charge is 0.147 e. The van der Waals surface area contributed by atoms with Crippen molar-refractivity contribution < 1.29 is 8.42 Å². The van der Waals surface area contributed by atoms with Crippen LogP contribution in [0.5, 0.6) is 0 Å². The van der Waals surface area contributed by atoms with E-state index in [9.17, 15) is 8.42 Å². The van der Waals surface area contributed by atoms with Crippen molar-refractivity contribution in [3.63, 3.8) is 0 Å². The van der Waals surface area contributed by atoms with Crippen molar-refractivity contribution >= 4 is 25.8 Å². The number of hydrogen-bond donors (Lipinski definition) is 0. The molecule has 0 aromatic heterocycles. The average Bonchev–Trinajstić information content (AvgIpc) is 2.08. The Morgan fingerprint density at radius 1 is 1.20 bits per heavy atom. The van der Waals surface area contributed by atoms with Crippen molar-refractivity contribution in [3.8, 4) is 0 Å². The third-order valence-electron chi connectivity index (χ3n) is 2.27. The lowest BCUT2D eigenvalue weighted by molar-refractivity contribution is 0.224. The van der Waals surface area contributed by atoms with Crippen molar-refractivity contribution in [2.45, 2.75) is 32.7 Å². The maximum atomic E-state index is 11.0. The highest BCUT2D eigenvalue weighted by molar-refractivity contribution is 9.09. The lowest BCUT2D eigenvalue weighted by Gasteiger charge is -2.25. The van der Waals surface area contributed by atoms with Crippen molar-refractivity contribution in [2.24, 2.45) is 0 Å². The summed E-state index contributed by atoms with van der Waals surface area (Å²) in [5, 5.41) is 1.00. The second-order valence-corrected chi connectivity index (χ2v) is 7.21. The first-order chi connectivity index (χ1) is 6.87. The number of rotatable bonds is 8. The van der Waals surface area contributed by atoms with Crippen LogP contribution in [0.25, 0.3) is 0 Å². The minimum absolute atomic E-state index is 0.296. The number of hydrogen-bond acceptors (Lipinski definition) is 3. The van der Waals surface area contributed by atoms with E-state index >= 15 is 0 Å². The van der Waals surface area contributed by atoms with E-state index in [0.717, 1.165) is 31.3 Å². The summed E-state index contributed by atoms with van der Waals surface area (Å²) in [6.45, 7) is 6.20. The SMILES string of the molecule is CC(C)N(CCCBr)CCCS(C)(=O)=O. The molecule has 15 heavy (non-hydrogen) atoms. The lowest BCUT2D eigenvalue weighted by atomic mass is 10.2. The Labute approximate surface area is 102 Å². The Kier molecular flexibility index (Phi) is 7.83. The Bertz CT molecular complexity index is 252. The van der Waals surface area contributed by atoms with Crippen LogP contribution in [-0.2, 0) is 9.84 Å². The molecular formula is C10H22BrNO2S. The molecule has 0 rings (SSSR count). The molecule has 0 bridgehead atoms. The first kappa shape index (κ1) is 15.4. The summed E-state index contributed by atoms with van der Waals surface area (Å²) in [5.74, 6) is 0.296. The molecule has 0 fully saturated rings. The van der Waals surface area contributed by atoms with Crippen LogP contribution in [0.4, 0.5) is 0 Å². The van der Waals surface area contributed by atoms with E-state index in [2.05, 4.69) is 34.7 Å². The van der Waals surface area contributed by atoms with Gasteiger partial charge in [0.05, 0.1) is 5.75 Å². The topological polar surface area (TPSA) is 37.4 Å². The molecule has 0 aliphatic rings. The molecule has 0 N–H and O–H groups in total. The van der Waals surface area contributed by atoms with Crippen molar-refractivity contribution in [1.82, 2.24) is 4.90 Å². The quantitative estimate of drug-likeness (QED) is 0.643. The van der Waals surface area contributed by atoms with Gasteiger partial charge in [0.25, 0.3) is 0 Å². The molecule has 0 aromatic carbocycles. The minimum Gasteiger partial charge on any atom is -0.301 e. The zero-order chi connectivity index (χ0) is 11.9. The van der Waals surface area contributed by atoms with Crippen molar-refractivity contribution in [1.29, 1.82) is 0 Å². The molecule has 0 aliphatic carbocycles. The van der Waals surface area contributed by atoms with Crippen LogP contribution in [0.1, 0.15) is 26.7 Å². The first-order valence-electron chi connectivity index (χ1n) is 5.34. The molecule has 0 spiro atoms. The lowest BCUT2D eigenvalue weighted by Crippen LogP contribution is -2.33. The van der Waals surface area contributed by atoms with Crippen LogP contribution in [0.15, 0.2) is 0 Å². The largest absolute Gasteiger partial charge is 0.301 e. The number of halogens is 1. The molecule has 0 radical (unpaired) electrons. The second-order valence-electron chi connectivity index (χ2n) is 4.16. The third kappa shape index (κ3) is 9.33. The van der Waals surface area contributed by atoms with E-state index in [1.54, 1.807) is 0 Å². The number of sulfone groups is 1. The van der Waals surface area contributed by atoms with Gasteiger partial charge in [-0.2, -0.15) is 0 Å². The molecule has 0 saturated carbocycles. The molecule has 0 heterocycles. The molecule has 3 nitrogen and oxygen atoms in total. The van der Waals surface area contributed by atoms with Gasteiger partial charge in [-0.05, 0) is 39.8 Å². The Hall–Kier alpha value is 0.390. The summed E-state index contributed by atoms with van der Waals surface area (Å²) >= 11 is 3.40. The van der Waals surface area contributed by atoms with Gasteiger partial charge in [-0.3, -0.25) is 0 Å². The third-order valence-corrected chi connectivity index (χ3v) is 3.86. The number of nitrogens with zero attached hydrogens (tertiary/aromatic N) is 1. The molecule has 0 amide bonds. The highest BCUT2D eigenvalue weighted by Crippen LogP contribution is 2.03. The summed E-state index contributed by atoms with van der Waals surface area (Å²) < 4.78 is 21.9. The van der Waals surface area contributed by atoms with E-state index in [0.29, 0.717) is 11.8 Å². The van der Waals surface area contributed by atoms with Crippen molar-refractivity contribution in [3.05, 3.63) is 0 Å². The van der Waals surface area contributed by atoms with Crippen LogP contribution in [0.3, 0.4) is 0 Å². The van der Waals surface area contributed by atoms with E-state index in [1.165, 1.54) is 6.26 Å². The van der Waals surface area contributed by atoms with Gasteiger partial charge in [-0.1, -0.05) is 15.9 Å². The van der Waals surface area contributed by atoms with Gasteiger partial charge >= 0.3 is 0 Å². The molecular weight excluding hydrogens is 278 g/mol. The van der Waals surface area contributed by atoms with E-state index in [1.807, 2.05) is 0 Å². The summed E-state index contributed by atoms with van der Waals surface area (Å²) in [4.78, 5) is 2.33. The van der Waals surface area contributed by atoms with Gasteiger partial charge in [0, 0.05) is 17.6 Å². The fourth-order valence-corrected chi connectivity index (χ4v) is 2.33. The highest BCUT2D eigenvalue weighted by atomic mass is 79.9. The molecule has 0 saturated heterocycles. The molecule has 92 valence electrons. The molecule has 0 unspecified atom stereocenters. The van der Waals surface area contributed by atoms with Gasteiger partial charge in [-0.25, -0.2) is 8.42 Å².